The highest BCUT2D eigenvalue weighted by Crippen LogP contribution is 2.45. The lowest BCUT2D eigenvalue weighted by Gasteiger charge is -2.26. The van der Waals surface area contributed by atoms with Crippen LogP contribution in [0.2, 0.25) is 0 Å². The maximum absolute atomic E-state index is 6.11. The number of fused-ring (bicyclic) bond motifs is 9. The molecule has 6 nitrogen and oxygen atoms in total. The van der Waals surface area contributed by atoms with E-state index in [2.05, 4.69) is 494 Å². The van der Waals surface area contributed by atoms with Crippen LogP contribution in [-0.4, -0.2) is 0 Å². The van der Waals surface area contributed by atoms with E-state index in [0.717, 1.165) is 128 Å². The molecule has 24 aromatic rings. The highest BCUT2D eigenvalue weighted by molar-refractivity contribution is 6.09. The van der Waals surface area contributed by atoms with Crippen LogP contribution in [0.3, 0.4) is 0 Å². The molecule has 0 radical (unpaired) electrons. The van der Waals surface area contributed by atoms with Gasteiger partial charge in [-0.15, -0.1) is 0 Å². The van der Waals surface area contributed by atoms with E-state index in [1.54, 1.807) is 0 Å². The highest BCUT2D eigenvalue weighted by Gasteiger charge is 2.21. The molecule has 0 saturated heterocycles. The molecule has 6 heteroatoms. The maximum atomic E-state index is 6.11. The molecular formula is C126H87N3O3. The number of benzene rings is 21. The Balaban J connectivity index is 0.000000120. The molecule has 0 atom stereocenters. The summed E-state index contributed by atoms with van der Waals surface area (Å²) in [6, 6.07) is 187. The summed E-state index contributed by atoms with van der Waals surface area (Å²) in [5, 5.41) is 6.86. The largest absolute Gasteiger partial charge is 0.456 e. The number of hydrogen-bond acceptors (Lipinski definition) is 6. The van der Waals surface area contributed by atoms with Gasteiger partial charge in [-0.05, 0) is 264 Å². The van der Waals surface area contributed by atoms with Gasteiger partial charge in [0.25, 0.3) is 0 Å². The molecule has 0 spiro atoms. The molecule has 3 heterocycles. The van der Waals surface area contributed by atoms with Crippen LogP contribution >= 0.6 is 0 Å². The van der Waals surface area contributed by atoms with E-state index in [0.29, 0.717) is 0 Å². The fourth-order valence-corrected chi connectivity index (χ4v) is 18.1. The second-order valence-corrected chi connectivity index (χ2v) is 33.1. The lowest BCUT2D eigenvalue weighted by molar-refractivity contribution is 0.668. The molecule has 0 aliphatic heterocycles. The first kappa shape index (κ1) is 80.3. The van der Waals surface area contributed by atoms with E-state index in [-0.39, 0.29) is 0 Å². The predicted octanol–water partition coefficient (Wildman–Crippen LogP) is 36.2. The topological polar surface area (TPSA) is 49.1 Å². The van der Waals surface area contributed by atoms with E-state index in [4.69, 9.17) is 13.3 Å². The summed E-state index contributed by atoms with van der Waals surface area (Å²) in [6.45, 7) is 0. The summed E-state index contributed by atoms with van der Waals surface area (Å²) in [5.74, 6) is 0. The average molecular weight is 1690 g/mol. The van der Waals surface area contributed by atoms with Crippen LogP contribution in [0.25, 0.3) is 166 Å². The monoisotopic (exact) mass is 1690 g/mol. The van der Waals surface area contributed by atoms with Gasteiger partial charge < -0.3 is 28.0 Å². The summed E-state index contributed by atoms with van der Waals surface area (Å²) in [4.78, 5) is 6.93. The number of para-hydroxylation sites is 5. The number of nitrogens with zero attached hydrogens (tertiary/aromatic N) is 3. The summed E-state index contributed by atoms with van der Waals surface area (Å²) >= 11 is 0. The Labute approximate surface area is 767 Å². The van der Waals surface area contributed by atoms with Gasteiger partial charge in [-0.1, -0.05) is 364 Å². The van der Waals surface area contributed by atoms with Gasteiger partial charge in [0.1, 0.15) is 33.5 Å². The molecule has 0 aliphatic rings. The minimum atomic E-state index is 0.906. The van der Waals surface area contributed by atoms with Crippen molar-refractivity contribution in [2.75, 3.05) is 14.7 Å². The van der Waals surface area contributed by atoms with Crippen LogP contribution in [0.4, 0.5) is 51.2 Å². The third-order valence-corrected chi connectivity index (χ3v) is 24.9. The van der Waals surface area contributed by atoms with Crippen molar-refractivity contribution in [2.45, 2.75) is 0 Å². The molecule has 624 valence electrons. The summed E-state index contributed by atoms with van der Waals surface area (Å²) in [7, 11) is 0. The van der Waals surface area contributed by atoms with E-state index in [1.165, 1.54) is 89.0 Å². The quantitative estimate of drug-likeness (QED) is 0.0853. The molecule has 0 aliphatic carbocycles. The first-order chi connectivity index (χ1) is 65.4. The van der Waals surface area contributed by atoms with Crippen LogP contribution in [0.1, 0.15) is 0 Å². The molecule has 132 heavy (non-hydrogen) atoms. The minimum absolute atomic E-state index is 0.906. The average Bonchev–Trinajstić information content (AvgIpc) is 1.66. The summed E-state index contributed by atoms with van der Waals surface area (Å²) in [5.41, 5.74) is 37.0. The first-order valence-electron chi connectivity index (χ1n) is 44.8. The van der Waals surface area contributed by atoms with Gasteiger partial charge in [-0.3, -0.25) is 0 Å². The second kappa shape index (κ2) is 36.4. The van der Waals surface area contributed by atoms with Gasteiger partial charge in [-0.2, -0.15) is 0 Å². The third kappa shape index (κ3) is 16.8. The predicted molar refractivity (Wildman–Crippen MR) is 554 cm³/mol. The van der Waals surface area contributed by atoms with Gasteiger partial charge >= 0.3 is 0 Å². The Morgan fingerprint density at radius 3 is 0.439 bits per heavy atom. The van der Waals surface area contributed by atoms with E-state index >= 15 is 0 Å². The molecule has 0 amide bonds. The smallest absolute Gasteiger partial charge is 0.135 e. The molecular weight excluding hydrogens is 1600 g/mol. The zero-order valence-electron chi connectivity index (χ0n) is 72.3. The van der Waals surface area contributed by atoms with E-state index < -0.39 is 0 Å². The SMILES string of the molecule is c1ccc(-c2ccc(-c3ccc(N(c4ccc(-c5ccc(-c6ccccc6)cc5)cc4)c4ccc(-c5ccc6oc7ccccc7c6c5)cc4)cc3)cc2)cc1.c1ccc(-c2ccc(N(c3ccc(-c4ccccc4)cc3)c3ccc(-c4ccc5oc6ccccc6c5c4)cc3)cc2)cc1.c1ccc(N(c2ccccc2)c2ccc(-c3ccc4oc5ccccc5c4c3)cc2)cc1. The fourth-order valence-electron chi connectivity index (χ4n) is 18.1. The summed E-state index contributed by atoms with van der Waals surface area (Å²) in [6.07, 6.45) is 0. The number of rotatable bonds is 18. The van der Waals surface area contributed by atoms with Gasteiger partial charge in [0, 0.05) is 83.5 Å². The lowest BCUT2D eigenvalue weighted by atomic mass is 9.99. The fraction of sp³-hybridized carbons (Fsp3) is 0. The Morgan fingerprint density at radius 1 is 0.0985 bits per heavy atom. The minimum Gasteiger partial charge on any atom is -0.456 e. The summed E-state index contributed by atoms with van der Waals surface area (Å²) < 4.78 is 18.1. The molecule has 3 aromatic heterocycles. The number of hydrogen-bond donors (Lipinski definition) is 0. The Morgan fingerprint density at radius 2 is 0.235 bits per heavy atom. The molecule has 0 saturated carbocycles. The van der Waals surface area contributed by atoms with Gasteiger partial charge in [-0.25, -0.2) is 0 Å². The molecule has 0 bridgehead atoms. The van der Waals surface area contributed by atoms with Crippen molar-refractivity contribution in [3.8, 4) is 100 Å². The molecule has 0 N–H and O–H groups in total. The normalized spacial score (nSPS) is 11.2. The lowest BCUT2D eigenvalue weighted by Crippen LogP contribution is -2.09. The van der Waals surface area contributed by atoms with Crippen LogP contribution < -0.4 is 14.7 Å². The van der Waals surface area contributed by atoms with Crippen LogP contribution in [0.15, 0.2) is 541 Å². The zero-order chi connectivity index (χ0) is 87.9. The van der Waals surface area contributed by atoms with Crippen LogP contribution in [0, 0.1) is 0 Å². The van der Waals surface area contributed by atoms with Crippen molar-refractivity contribution < 1.29 is 13.3 Å². The van der Waals surface area contributed by atoms with E-state index in [1.807, 2.05) is 48.5 Å². The van der Waals surface area contributed by atoms with E-state index in [9.17, 15) is 0 Å². The van der Waals surface area contributed by atoms with Crippen LogP contribution in [0.5, 0.6) is 0 Å². The highest BCUT2D eigenvalue weighted by atomic mass is 16.3. The van der Waals surface area contributed by atoms with Crippen molar-refractivity contribution >= 4 is 117 Å². The standard InChI is InChI=1S/C54H37NO.C42H29NO.C30H21NO/c1-3-9-38(10-4-1)40-15-19-42(20-16-40)44-23-30-48(31-24-44)55(49-32-25-45(26-33-49)43-21-17-41(18-22-43)39-11-5-2-6-12-39)50-34-27-46(28-35-50)47-29-36-54-52(37-47)51-13-7-8-14-53(51)56-54;1-3-9-30(10-4-1)32-15-22-36(23-16-32)43(37-24-17-33(18-25-37)31-11-5-2-6-12-31)38-26-19-34(20-27-38)35-21-28-42-40(29-35)39-13-7-8-14-41(39)44-42;1-3-9-24(10-4-1)31(25-11-5-2-6-12-25)26-18-15-22(16-19-26)23-17-20-30-28(21-23)27-13-7-8-14-29(27)32-30/h1-37H;1-29H;1-21H. The van der Waals surface area contributed by atoms with Crippen molar-refractivity contribution in [2.24, 2.45) is 0 Å². The molecule has 0 unspecified atom stereocenters. The molecule has 24 rings (SSSR count). The first-order valence-corrected chi connectivity index (χ1v) is 44.8. The Hall–Kier alpha value is -17.6. The third-order valence-electron chi connectivity index (χ3n) is 24.9. The number of furan rings is 3. The van der Waals surface area contributed by atoms with Gasteiger partial charge in [0.2, 0.25) is 0 Å². The van der Waals surface area contributed by atoms with Gasteiger partial charge in [0.05, 0.1) is 0 Å². The molecule has 21 aromatic carbocycles. The van der Waals surface area contributed by atoms with Crippen molar-refractivity contribution in [3.05, 3.63) is 528 Å². The van der Waals surface area contributed by atoms with Crippen molar-refractivity contribution in [3.63, 3.8) is 0 Å². The van der Waals surface area contributed by atoms with Crippen molar-refractivity contribution in [1.82, 2.24) is 0 Å². The van der Waals surface area contributed by atoms with Gasteiger partial charge in [0.15, 0.2) is 0 Å². The number of anilines is 9. The molecule has 0 fully saturated rings. The Bertz CT molecular complexity index is 7820. The second-order valence-electron chi connectivity index (χ2n) is 33.1. The van der Waals surface area contributed by atoms with Crippen molar-refractivity contribution in [1.29, 1.82) is 0 Å². The zero-order valence-corrected chi connectivity index (χ0v) is 72.3. The Kier molecular flexibility index (Phi) is 22.1. The van der Waals surface area contributed by atoms with Crippen LogP contribution in [-0.2, 0) is 0 Å². The maximum Gasteiger partial charge on any atom is 0.135 e.